The number of hydrogen-bond acceptors (Lipinski definition) is 5. The van der Waals surface area contributed by atoms with Crippen LogP contribution in [0, 0.1) is 0 Å². The molecule has 0 saturated heterocycles. The van der Waals surface area contributed by atoms with Crippen LogP contribution < -0.4 is 5.66 Å². The van der Waals surface area contributed by atoms with Crippen LogP contribution in [0.3, 0.4) is 0 Å². The molecule has 10 heavy (non-hydrogen) atoms. The second-order valence-electron chi connectivity index (χ2n) is 1.56. The van der Waals surface area contributed by atoms with E-state index in [0.717, 1.165) is 0 Å². The monoisotopic (exact) mass is 144 g/mol. The maximum Gasteiger partial charge on any atom is 0.588 e. The van der Waals surface area contributed by atoms with E-state index in [2.05, 4.69) is 9.61 Å². The van der Waals surface area contributed by atoms with Crippen molar-refractivity contribution in [2.24, 2.45) is 0 Å². The maximum absolute atomic E-state index is 8.05. The van der Waals surface area contributed by atoms with Gasteiger partial charge < -0.3 is 4.42 Å². The molecule has 0 radical (unpaired) electrons. The molecule has 2 N–H and O–H groups in total. The zero-order chi connectivity index (χ0) is 7.40. The Bertz CT molecular complexity index is 170. The summed E-state index contributed by atoms with van der Waals surface area (Å²) in [5, 5.41) is 16.1. The highest BCUT2D eigenvalue weighted by molar-refractivity contribution is 6.59. The Labute approximate surface area is 56.8 Å². The molecule has 0 amide bonds. The Morgan fingerprint density at radius 2 is 2.10 bits per heavy atom. The minimum absolute atomic E-state index is 0.185. The van der Waals surface area contributed by atoms with Gasteiger partial charge in [-0.15, -0.1) is 0 Å². The molecule has 1 aromatic heterocycles. The average Bonchev–Trinajstić information content (AvgIpc) is 2.43. The molecule has 0 aliphatic rings. The topological polar surface area (TPSA) is 72.1 Å². The van der Waals surface area contributed by atoms with E-state index in [0.29, 0.717) is 0 Å². The number of hydrogen-bond donors (Lipinski definition) is 2. The van der Waals surface area contributed by atoms with Crippen molar-refractivity contribution in [1.29, 1.82) is 0 Å². The van der Waals surface area contributed by atoms with Gasteiger partial charge in [0.25, 0.3) is 0 Å². The SMILES string of the molecule is OOB(OO)c1ccco1. The van der Waals surface area contributed by atoms with Gasteiger partial charge in [-0.3, -0.25) is 20.1 Å². The highest BCUT2D eigenvalue weighted by Gasteiger charge is 2.24. The first-order valence-electron chi connectivity index (χ1n) is 2.52. The van der Waals surface area contributed by atoms with Crippen LogP contribution in [0.5, 0.6) is 0 Å². The Hall–Kier alpha value is -0.815. The molecule has 0 fully saturated rings. The van der Waals surface area contributed by atoms with Gasteiger partial charge in [0.2, 0.25) is 0 Å². The van der Waals surface area contributed by atoms with Crippen molar-refractivity contribution < 1.29 is 24.5 Å². The smallest absolute Gasteiger partial charge is 0.473 e. The Morgan fingerprint density at radius 1 is 1.40 bits per heavy atom. The van der Waals surface area contributed by atoms with Gasteiger partial charge in [-0.25, -0.2) is 0 Å². The van der Waals surface area contributed by atoms with Crippen LogP contribution in [0.2, 0.25) is 0 Å². The third kappa shape index (κ3) is 1.37. The molecule has 0 spiro atoms. The predicted molar refractivity (Wildman–Crippen MR) is 31.5 cm³/mol. The largest absolute Gasteiger partial charge is 0.588 e. The van der Waals surface area contributed by atoms with E-state index in [9.17, 15) is 0 Å². The third-order valence-corrected chi connectivity index (χ3v) is 0.967. The lowest BCUT2D eigenvalue weighted by Crippen LogP contribution is -2.33. The molecule has 54 valence electrons. The number of rotatable bonds is 3. The first-order valence-corrected chi connectivity index (χ1v) is 2.52. The third-order valence-electron chi connectivity index (χ3n) is 0.967. The van der Waals surface area contributed by atoms with Crippen LogP contribution in [0.25, 0.3) is 0 Å². The fourth-order valence-electron chi connectivity index (χ4n) is 0.549. The minimum atomic E-state index is -1.27. The van der Waals surface area contributed by atoms with Crippen LogP contribution >= 0.6 is 0 Å². The van der Waals surface area contributed by atoms with E-state index < -0.39 is 7.12 Å². The highest BCUT2D eigenvalue weighted by atomic mass is 17.2. The van der Waals surface area contributed by atoms with Gasteiger partial charge in [-0.1, -0.05) is 0 Å². The summed E-state index contributed by atoms with van der Waals surface area (Å²) in [4.78, 5) is 7.36. The van der Waals surface area contributed by atoms with Crippen LogP contribution in [0.4, 0.5) is 0 Å². The van der Waals surface area contributed by atoms with Crippen molar-refractivity contribution in [3.05, 3.63) is 18.4 Å². The fourth-order valence-corrected chi connectivity index (χ4v) is 0.549. The normalized spacial score (nSPS) is 9.80. The highest BCUT2D eigenvalue weighted by Crippen LogP contribution is 1.89. The van der Waals surface area contributed by atoms with Crippen molar-refractivity contribution in [2.75, 3.05) is 0 Å². The summed E-state index contributed by atoms with van der Waals surface area (Å²) in [6, 6.07) is 3.05. The van der Waals surface area contributed by atoms with E-state index in [1.165, 1.54) is 12.3 Å². The molecule has 1 rings (SSSR count). The molecule has 0 atom stereocenters. The lowest BCUT2D eigenvalue weighted by atomic mass is 9.88. The molecule has 0 aliphatic heterocycles. The van der Waals surface area contributed by atoms with E-state index in [-0.39, 0.29) is 5.66 Å². The van der Waals surface area contributed by atoms with E-state index >= 15 is 0 Å². The van der Waals surface area contributed by atoms with Crippen LogP contribution in [-0.2, 0) is 9.61 Å². The van der Waals surface area contributed by atoms with Crippen molar-refractivity contribution in [3.8, 4) is 0 Å². The zero-order valence-electron chi connectivity index (χ0n) is 4.93. The van der Waals surface area contributed by atoms with Gasteiger partial charge in [0.1, 0.15) is 5.66 Å². The van der Waals surface area contributed by atoms with Crippen molar-refractivity contribution in [1.82, 2.24) is 0 Å². The zero-order valence-corrected chi connectivity index (χ0v) is 4.93. The van der Waals surface area contributed by atoms with Gasteiger partial charge in [0.15, 0.2) is 0 Å². The van der Waals surface area contributed by atoms with Gasteiger partial charge in [-0.05, 0) is 12.1 Å². The Morgan fingerprint density at radius 3 is 2.50 bits per heavy atom. The minimum Gasteiger partial charge on any atom is -0.473 e. The molecule has 0 aliphatic carbocycles. The van der Waals surface area contributed by atoms with E-state index in [1.54, 1.807) is 6.07 Å². The summed E-state index contributed by atoms with van der Waals surface area (Å²) >= 11 is 0. The molecular weight excluding hydrogens is 139 g/mol. The second-order valence-corrected chi connectivity index (χ2v) is 1.56. The van der Waals surface area contributed by atoms with Gasteiger partial charge in [-0.2, -0.15) is 0 Å². The molecule has 0 aromatic carbocycles. The molecule has 0 unspecified atom stereocenters. The van der Waals surface area contributed by atoms with Gasteiger partial charge >= 0.3 is 7.12 Å². The second kappa shape index (κ2) is 3.38. The average molecular weight is 144 g/mol. The van der Waals surface area contributed by atoms with Crippen LogP contribution in [-0.4, -0.2) is 17.6 Å². The summed E-state index contributed by atoms with van der Waals surface area (Å²) < 4.78 is 4.71. The standard InChI is InChI=1S/C4H5BO5/c6-9-5(10-7)4-2-1-3-8-4/h1-3,6-7H. The molecule has 1 heterocycles. The lowest BCUT2D eigenvalue weighted by Gasteiger charge is -1.98. The predicted octanol–water partition coefficient (Wildman–Crippen LogP) is -0.0460. The maximum atomic E-state index is 8.05. The summed E-state index contributed by atoms with van der Waals surface area (Å²) in [6.07, 6.45) is 1.36. The summed E-state index contributed by atoms with van der Waals surface area (Å²) in [7, 11) is -1.27. The molecular formula is C4H5BO5. The van der Waals surface area contributed by atoms with Crippen LogP contribution in [0.15, 0.2) is 22.8 Å². The van der Waals surface area contributed by atoms with Crippen molar-refractivity contribution in [3.63, 3.8) is 0 Å². The summed E-state index contributed by atoms with van der Waals surface area (Å²) in [5.41, 5.74) is 0.185. The lowest BCUT2D eigenvalue weighted by molar-refractivity contribution is -0.222. The summed E-state index contributed by atoms with van der Waals surface area (Å²) in [6.45, 7) is 0. The Kier molecular flexibility index (Phi) is 2.46. The molecule has 0 saturated carbocycles. The summed E-state index contributed by atoms with van der Waals surface area (Å²) in [5.74, 6) is 0. The fraction of sp³-hybridized carbons (Fsp3) is 0. The number of furan rings is 1. The molecule has 0 bridgehead atoms. The van der Waals surface area contributed by atoms with Crippen LogP contribution in [0.1, 0.15) is 0 Å². The molecule has 1 aromatic rings. The Balaban J connectivity index is 2.64. The first kappa shape index (κ1) is 7.29. The van der Waals surface area contributed by atoms with Crippen molar-refractivity contribution in [2.45, 2.75) is 0 Å². The van der Waals surface area contributed by atoms with E-state index in [4.69, 9.17) is 14.9 Å². The molecule has 6 heteroatoms. The first-order chi connectivity index (χ1) is 4.88. The van der Waals surface area contributed by atoms with E-state index in [1.807, 2.05) is 0 Å². The molecule has 5 nitrogen and oxygen atoms in total. The van der Waals surface area contributed by atoms with Gasteiger partial charge in [0.05, 0.1) is 6.26 Å². The van der Waals surface area contributed by atoms with Crippen molar-refractivity contribution >= 4 is 12.8 Å². The van der Waals surface area contributed by atoms with Gasteiger partial charge in [0, 0.05) is 0 Å². The quantitative estimate of drug-likeness (QED) is 0.353.